The van der Waals surface area contributed by atoms with Crippen LogP contribution in [0, 0.1) is 5.92 Å². The first kappa shape index (κ1) is 41.9. The van der Waals surface area contributed by atoms with Crippen LogP contribution in [-0.4, -0.2) is 72.8 Å². The van der Waals surface area contributed by atoms with Crippen molar-refractivity contribution in [3.05, 3.63) is 95.1 Å². The first-order valence-electron chi connectivity index (χ1n) is 18.2. The second-order valence-corrected chi connectivity index (χ2v) is 13.5. The lowest BCUT2D eigenvalue weighted by molar-refractivity contribution is -0.147. The van der Waals surface area contributed by atoms with Crippen LogP contribution in [0.3, 0.4) is 0 Å². The highest BCUT2D eigenvalue weighted by Crippen LogP contribution is 2.44. The van der Waals surface area contributed by atoms with Crippen LogP contribution in [0.25, 0.3) is 11.1 Å². The van der Waals surface area contributed by atoms with Gasteiger partial charge in [-0.15, -0.1) is 0 Å². The SMILES string of the molecule is CCOC(=O)[C@H](N)CCC(=O)OCc1ccc(CC(=O)[C@H](CC(N)=O)NC(=O)[C@H](C)CC(=O)[C@H](C)NC(=O)OCC2c3ccccc3-c3ccccc32)cc1. The summed E-state index contributed by atoms with van der Waals surface area (Å²) in [6.07, 6.45) is -1.59. The molecule has 14 heteroatoms. The van der Waals surface area contributed by atoms with Gasteiger partial charge in [-0.2, -0.15) is 0 Å². The van der Waals surface area contributed by atoms with Crippen LogP contribution in [-0.2, 0) is 56.0 Å². The summed E-state index contributed by atoms with van der Waals surface area (Å²) < 4.78 is 15.6. The Kier molecular flexibility index (Phi) is 15.2. The van der Waals surface area contributed by atoms with Gasteiger partial charge in [0.25, 0.3) is 0 Å². The van der Waals surface area contributed by atoms with E-state index >= 15 is 0 Å². The number of ketones is 2. The molecule has 3 aromatic carbocycles. The van der Waals surface area contributed by atoms with E-state index in [2.05, 4.69) is 10.6 Å². The number of nitrogens with two attached hydrogens (primary N) is 2. The first-order chi connectivity index (χ1) is 26.3. The molecule has 1 aliphatic rings. The van der Waals surface area contributed by atoms with Crippen LogP contribution in [0.2, 0.25) is 0 Å². The van der Waals surface area contributed by atoms with E-state index < -0.39 is 71.9 Å². The average Bonchev–Trinajstić information content (AvgIpc) is 3.48. The largest absolute Gasteiger partial charge is 0.465 e. The number of benzene rings is 3. The Balaban J connectivity index is 1.22. The Hall–Kier alpha value is -5.89. The van der Waals surface area contributed by atoms with Gasteiger partial charge in [0.05, 0.1) is 25.1 Å². The molecule has 55 heavy (non-hydrogen) atoms. The molecule has 0 unspecified atom stereocenters. The third kappa shape index (κ3) is 12.1. The van der Waals surface area contributed by atoms with E-state index in [-0.39, 0.29) is 51.4 Å². The van der Waals surface area contributed by atoms with Crippen LogP contribution >= 0.6 is 0 Å². The lowest BCUT2D eigenvalue weighted by Gasteiger charge is -2.20. The number of fused-ring (bicyclic) bond motifs is 3. The molecule has 0 spiro atoms. The van der Waals surface area contributed by atoms with Crippen LogP contribution in [0.4, 0.5) is 4.79 Å². The predicted octanol–water partition coefficient (Wildman–Crippen LogP) is 3.39. The molecule has 1 aliphatic carbocycles. The van der Waals surface area contributed by atoms with Crippen molar-refractivity contribution in [2.45, 2.75) is 83.5 Å². The fourth-order valence-electron chi connectivity index (χ4n) is 6.18. The molecular formula is C41H48N4O10. The molecule has 4 atom stereocenters. The number of hydrogen-bond acceptors (Lipinski definition) is 11. The molecule has 292 valence electrons. The monoisotopic (exact) mass is 756 g/mol. The van der Waals surface area contributed by atoms with E-state index in [0.29, 0.717) is 11.1 Å². The van der Waals surface area contributed by atoms with Crippen molar-refractivity contribution in [3.8, 4) is 11.1 Å². The van der Waals surface area contributed by atoms with Crippen molar-refractivity contribution in [1.29, 1.82) is 0 Å². The van der Waals surface area contributed by atoms with Crippen LogP contribution in [0.5, 0.6) is 0 Å². The maximum atomic E-state index is 13.2. The second-order valence-electron chi connectivity index (χ2n) is 13.5. The summed E-state index contributed by atoms with van der Waals surface area (Å²) in [5, 5.41) is 5.09. The number of rotatable bonds is 20. The zero-order valence-corrected chi connectivity index (χ0v) is 31.2. The van der Waals surface area contributed by atoms with Crippen LogP contribution in [0.15, 0.2) is 72.8 Å². The fourth-order valence-corrected chi connectivity index (χ4v) is 6.18. The number of ether oxygens (including phenoxy) is 3. The normalized spacial score (nSPS) is 13.9. The number of primary amides is 1. The number of Topliss-reactive ketones (excluding diaryl/α,β-unsaturated/α-hetero) is 2. The number of carbonyl (C=O) groups excluding carboxylic acids is 7. The van der Waals surface area contributed by atoms with Gasteiger partial charge in [0.2, 0.25) is 11.8 Å². The minimum absolute atomic E-state index is 0.0432. The maximum Gasteiger partial charge on any atom is 0.407 e. The minimum atomic E-state index is -1.24. The summed E-state index contributed by atoms with van der Waals surface area (Å²) >= 11 is 0. The molecule has 0 bridgehead atoms. The van der Waals surface area contributed by atoms with Crippen molar-refractivity contribution in [2.75, 3.05) is 13.2 Å². The van der Waals surface area contributed by atoms with E-state index in [9.17, 15) is 33.6 Å². The van der Waals surface area contributed by atoms with Gasteiger partial charge in [-0.1, -0.05) is 79.7 Å². The minimum Gasteiger partial charge on any atom is -0.465 e. The molecule has 0 aromatic heterocycles. The standard InChI is InChI=1S/C41H48N4O10/c1-4-53-40(51)33(42)17-18-38(49)54-22-27-15-13-26(14-16-27)20-36(47)34(21-37(43)48)45-39(50)24(2)19-35(46)25(3)44-41(52)55-23-32-30-11-7-5-9-28(30)29-10-6-8-12-31(29)32/h5-16,24-25,32-34H,4,17-23,42H2,1-3H3,(H2,43,48)(H,44,52)(H,45,50)/t24-,25+,33-,34+/m1/s1. The number of alkyl carbamates (subject to hydrolysis) is 1. The molecule has 14 nitrogen and oxygen atoms in total. The van der Waals surface area contributed by atoms with Gasteiger partial charge in [-0.25, -0.2) is 4.79 Å². The lowest BCUT2D eigenvalue weighted by atomic mass is 9.97. The summed E-state index contributed by atoms with van der Waals surface area (Å²) in [6, 6.07) is 19.3. The second kappa shape index (κ2) is 20.0. The van der Waals surface area contributed by atoms with Crippen molar-refractivity contribution in [2.24, 2.45) is 17.4 Å². The Bertz CT molecular complexity index is 1830. The highest BCUT2D eigenvalue weighted by Gasteiger charge is 2.31. The number of hydrogen-bond donors (Lipinski definition) is 4. The predicted molar refractivity (Wildman–Crippen MR) is 201 cm³/mol. The third-order valence-corrected chi connectivity index (χ3v) is 9.28. The molecule has 6 N–H and O–H groups in total. The van der Waals surface area contributed by atoms with Crippen LogP contribution in [0.1, 0.15) is 74.6 Å². The first-order valence-corrected chi connectivity index (χ1v) is 18.2. The van der Waals surface area contributed by atoms with Crippen molar-refractivity contribution >= 4 is 41.4 Å². The molecule has 3 amide bonds. The third-order valence-electron chi connectivity index (χ3n) is 9.28. The number of nitrogens with one attached hydrogen (secondary N) is 2. The zero-order valence-electron chi connectivity index (χ0n) is 31.2. The van der Waals surface area contributed by atoms with Crippen molar-refractivity contribution < 1.29 is 47.8 Å². The Labute approximate surface area is 319 Å². The molecule has 0 radical (unpaired) electrons. The Morgan fingerprint density at radius 2 is 1.35 bits per heavy atom. The molecular weight excluding hydrogens is 708 g/mol. The number of carbonyl (C=O) groups is 7. The summed E-state index contributed by atoms with van der Waals surface area (Å²) in [6.45, 7) is 4.87. The lowest BCUT2D eigenvalue weighted by Crippen LogP contribution is -2.47. The summed E-state index contributed by atoms with van der Waals surface area (Å²) in [5.74, 6) is -4.53. The Morgan fingerprint density at radius 1 is 0.745 bits per heavy atom. The van der Waals surface area contributed by atoms with Crippen LogP contribution < -0.4 is 22.1 Å². The van der Waals surface area contributed by atoms with E-state index in [1.807, 2.05) is 48.5 Å². The van der Waals surface area contributed by atoms with Gasteiger partial charge in [-0.3, -0.25) is 28.8 Å². The van der Waals surface area contributed by atoms with Gasteiger partial charge >= 0.3 is 18.0 Å². The van der Waals surface area contributed by atoms with Gasteiger partial charge in [0.1, 0.15) is 19.3 Å². The number of esters is 2. The molecule has 0 saturated carbocycles. The van der Waals surface area contributed by atoms with Crippen molar-refractivity contribution in [3.63, 3.8) is 0 Å². The highest BCUT2D eigenvalue weighted by atomic mass is 16.6. The topological polar surface area (TPSA) is 223 Å². The van der Waals surface area contributed by atoms with E-state index in [1.54, 1.807) is 31.2 Å². The van der Waals surface area contributed by atoms with Gasteiger partial charge in [0.15, 0.2) is 11.6 Å². The summed E-state index contributed by atoms with van der Waals surface area (Å²) in [7, 11) is 0. The molecule has 0 aliphatic heterocycles. The molecule has 0 heterocycles. The number of amides is 3. The fraction of sp³-hybridized carbons (Fsp3) is 0.390. The van der Waals surface area contributed by atoms with Crippen molar-refractivity contribution in [1.82, 2.24) is 10.6 Å². The quantitative estimate of drug-likeness (QED) is 0.0966. The van der Waals surface area contributed by atoms with E-state index in [0.717, 1.165) is 22.3 Å². The molecule has 0 saturated heterocycles. The van der Waals surface area contributed by atoms with Gasteiger partial charge < -0.3 is 36.3 Å². The zero-order chi connectivity index (χ0) is 40.1. The smallest absolute Gasteiger partial charge is 0.407 e. The molecule has 3 aromatic rings. The molecule has 0 fully saturated rings. The Morgan fingerprint density at radius 3 is 1.95 bits per heavy atom. The van der Waals surface area contributed by atoms with Gasteiger partial charge in [0, 0.05) is 31.1 Å². The van der Waals surface area contributed by atoms with E-state index in [4.69, 9.17) is 25.7 Å². The summed E-state index contributed by atoms with van der Waals surface area (Å²) in [5.41, 5.74) is 16.6. The van der Waals surface area contributed by atoms with Gasteiger partial charge in [-0.05, 0) is 53.6 Å². The average molecular weight is 757 g/mol. The highest BCUT2D eigenvalue weighted by molar-refractivity contribution is 5.96. The van der Waals surface area contributed by atoms with E-state index in [1.165, 1.54) is 13.8 Å². The maximum absolute atomic E-state index is 13.2. The molecule has 4 rings (SSSR count). The summed E-state index contributed by atoms with van der Waals surface area (Å²) in [4.78, 5) is 87.5.